The Kier molecular flexibility index (Phi) is 4.04. The summed E-state index contributed by atoms with van der Waals surface area (Å²) in [6.45, 7) is 6.24. The third kappa shape index (κ3) is 3.18. The summed E-state index contributed by atoms with van der Waals surface area (Å²) in [5.41, 5.74) is 0. The first-order chi connectivity index (χ1) is 6.13. The van der Waals surface area contributed by atoms with Crippen molar-refractivity contribution >= 4 is 17.5 Å². The molecule has 0 bridgehead atoms. The minimum absolute atomic E-state index is 0.216. The summed E-state index contributed by atoms with van der Waals surface area (Å²) in [5, 5.41) is 0. The maximum absolute atomic E-state index is 11.5. The maximum Gasteiger partial charge on any atom is 0.223 e. The third-order valence-electron chi connectivity index (χ3n) is 2.53. The molecule has 1 saturated heterocycles. The fourth-order valence-electron chi connectivity index (χ4n) is 2.11. The average molecular weight is 204 g/mol. The molecule has 0 aromatic carbocycles. The first-order valence-corrected chi connectivity index (χ1v) is 5.50. The molecule has 0 N–H and O–H groups in total. The molecule has 1 rings (SSSR count). The van der Waals surface area contributed by atoms with Crippen LogP contribution in [0, 0.1) is 11.8 Å². The largest absolute Gasteiger partial charge is 0.342 e. The third-order valence-corrected chi connectivity index (χ3v) is 2.72. The second-order valence-corrected chi connectivity index (χ2v) is 4.56. The topological polar surface area (TPSA) is 20.3 Å². The van der Waals surface area contributed by atoms with Crippen molar-refractivity contribution in [2.24, 2.45) is 11.8 Å². The molecule has 0 unspecified atom stereocenters. The Balaban J connectivity index is 2.45. The molecule has 0 aromatic heterocycles. The molecule has 3 heteroatoms. The first kappa shape index (κ1) is 10.8. The van der Waals surface area contributed by atoms with Gasteiger partial charge in [0.1, 0.15) is 0 Å². The second-order valence-electron chi connectivity index (χ2n) is 4.18. The zero-order valence-corrected chi connectivity index (χ0v) is 9.18. The molecular formula is C10H18ClNO. The van der Waals surface area contributed by atoms with Crippen molar-refractivity contribution in [2.75, 3.05) is 19.0 Å². The summed E-state index contributed by atoms with van der Waals surface area (Å²) >= 11 is 5.54. The van der Waals surface area contributed by atoms with Crippen LogP contribution in [0.3, 0.4) is 0 Å². The van der Waals surface area contributed by atoms with E-state index in [0.717, 1.165) is 13.1 Å². The smallest absolute Gasteiger partial charge is 0.223 e. The second kappa shape index (κ2) is 4.85. The maximum atomic E-state index is 11.5. The number of rotatable bonds is 2. The van der Waals surface area contributed by atoms with Gasteiger partial charge >= 0.3 is 0 Å². The van der Waals surface area contributed by atoms with Gasteiger partial charge in [0.2, 0.25) is 5.91 Å². The molecule has 0 aliphatic carbocycles. The Bertz CT molecular complexity index is 174. The summed E-state index contributed by atoms with van der Waals surface area (Å²) in [6, 6.07) is 0. The van der Waals surface area contributed by atoms with Crippen molar-refractivity contribution in [3.8, 4) is 0 Å². The molecule has 1 amide bonds. The van der Waals surface area contributed by atoms with Crippen LogP contribution in [-0.2, 0) is 4.79 Å². The highest BCUT2D eigenvalue weighted by molar-refractivity contribution is 6.18. The van der Waals surface area contributed by atoms with E-state index in [0.29, 0.717) is 24.1 Å². The lowest BCUT2D eigenvalue weighted by atomic mass is 9.92. The molecule has 13 heavy (non-hydrogen) atoms. The lowest BCUT2D eigenvalue weighted by molar-refractivity contribution is -0.133. The molecule has 2 atom stereocenters. The number of amides is 1. The Morgan fingerprint density at radius 3 is 2.38 bits per heavy atom. The molecule has 0 radical (unpaired) electrons. The summed E-state index contributed by atoms with van der Waals surface area (Å²) in [4.78, 5) is 13.5. The Labute approximate surface area is 85.2 Å². The van der Waals surface area contributed by atoms with Gasteiger partial charge in [-0.2, -0.15) is 0 Å². The van der Waals surface area contributed by atoms with E-state index in [4.69, 9.17) is 11.6 Å². The van der Waals surface area contributed by atoms with Gasteiger partial charge in [0.05, 0.1) is 0 Å². The quantitative estimate of drug-likeness (QED) is 0.630. The lowest BCUT2D eigenvalue weighted by Gasteiger charge is -2.34. The standard InChI is InChI=1S/C10H18ClNO/c1-8-5-9(2)7-12(6-8)10(13)3-4-11/h8-9H,3-7H2,1-2H3/t8-,9-/m0/s1. The van der Waals surface area contributed by atoms with Gasteiger partial charge in [-0.25, -0.2) is 0 Å². The molecular weight excluding hydrogens is 186 g/mol. The van der Waals surface area contributed by atoms with E-state index in [9.17, 15) is 4.79 Å². The predicted octanol–water partition coefficient (Wildman–Crippen LogP) is 2.12. The van der Waals surface area contributed by atoms with E-state index in [1.165, 1.54) is 6.42 Å². The van der Waals surface area contributed by atoms with Gasteiger partial charge in [-0.15, -0.1) is 11.6 Å². The zero-order chi connectivity index (χ0) is 9.84. The fourth-order valence-corrected chi connectivity index (χ4v) is 2.27. The first-order valence-electron chi connectivity index (χ1n) is 4.97. The molecule has 76 valence electrons. The summed E-state index contributed by atoms with van der Waals surface area (Å²) < 4.78 is 0. The molecule has 1 aliphatic heterocycles. The van der Waals surface area contributed by atoms with Gasteiger partial charge in [-0.05, 0) is 18.3 Å². The molecule has 0 aromatic rings. The predicted molar refractivity (Wildman–Crippen MR) is 54.9 cm³/mol. The highest BCUT2D eigenvalue weighted by atomic mass is 35.5. The SMILES string of the molecule is C[C@H]1C[C@H](C)CN(C(=O)CCCl)C1. The van der Waals surface area contributed by atoms with Gasteiger partial charge in [0, 0.05) is 25.4 Å². The van der Waals surface area contributed by atoms with Crippen LogP contribution < -0.4 is 0 Å². The molecule has 0 spiro atoms. The van der Waals surface area contributed by atoms with E-state index < -0.39 is 0 Å². The van der Waals surface area contributed by atoms with Gasteiger partial charge in [0.15, 0.2) is 0 Å². The van der Waals surface area contributed by atoms with Gasteiger partial charge in [-0.1, -0.05) is 13.8 Å². The number of piperidine rings is 1. The van der Waals surface area contributed by atoms with Crippen molar-refractivity contribution in [2.45, 2.75) is 26.7 Å². The normalized spacial score (nSPS) is 29.0. The molecule has 1 heterocycles. The molecule has 1 aliphatic rings. The van der Waals surface area contributed by atoms with E-state index in [2.05, 4.69) is 13.8 Å². The average Bonchev–Trinajstić information content (AvgIpc) is 2.03. The number of carbonyl (C=O) groups is 1. The number of likely N-dealkylation sites (tertiary alicyclic amines) is 1. The zero-order valence-electron chi connectivity index (χ0n) is 8.42. The number of nitrogens with zero attached hydrogens (tertiary/aromatic N) is 1. The van der Waals surface area contributed by atoms with E-state index >= 15 is 0 Å². The van der Waals surface area contributed by atoms with Crippen molar-refractivity contribution in [3.05, 3.63) is 0 Å². The lowest BCUT2D eigenvalue weighted by Crippen LogP contribution is -2.42. The Hall–Kier alpha value is -0.240. The van der Waals surface area contributed by atoms with Crippen LogP contribution in [0.5, 0.6) is 0 Å². The van der Waals surface area contributed by atoms with Crippen LogP contribution in [0.2, 0.25) is 0 Å². The summed E-state index contributed by atoms with van der Waals surface area (Å²) in [6.07, 6.45) is 1.73. The minimum Gasteiger partial charge on any atom is -0.342 e. The highest BCUT2D eigenvalue weighted by Gasteiger charge is 2.24. The molecule has 1 fully saturated rings. The minimum atomic E-state index is 0.216. The van der Waals surface area contributed by atoms with E-state index in [1.54, 1.807) is 0 Å². The molecule has 0 saturated carbocycles. The van der Waals surface area contributed by atoms with Crippen LogP contribution in [-0.4, -0.2) is 29.8 Å². The highest BCUT2D eigenvalue weighted by Crippen LogP contribution is 2.21. The number of hydrogen-bond acceptors (Lipinski definition) is 1. The summed E-state index contributed by atoms with van der Waals surface area (Å²) in [7, 11) is 0. The van der Waals surface area contributed by atoms with Gasteiger partial charge in [0.25, 0.3) is 0 Å². The summed E-state index contributed by atoms with van der Waals surface area (Å²) in [5.74, 6) is 1.94. The van der Waals surface area contributed by atoms with E-state index in [-0.39, 0.29) is 5.91 Å². The van der Waals surface area contributed by atoms with Crippen LogP contribution in [0.25, 0.3) is 0 Å². The Morgan fingerprint density at radius 1 is 1.38 bits per heavy atom. The molecule has 2 nitrogen and oxygen atoms in total. The van der Waals surface area contributed by atoms with Crippen LogP contribution in [0.1, 0.15) is 26.7 Å². The number of halogens is 1. The van der Waals surface area contributed by atoms with Crippen molar-refractivity contribution in [1.29, 1.82) is 0 Å². The van der Waals surface area contributed by atoms with Gasteiger partial charge in [-0.3, -0.25) is 4.79 Å². The van der Waals surface area contributed by atoms with Crippen LogP contribution in [0.4, 0.5) is 0 Å². The van der Waals surface area contributed by atoms with Crippen molar-refractivity contribution < 1.29 is 4.79 Å². The van der Waals surface area contributed by atoms with Gasteiger partial charge < -0.3 is 4.90 Å². The van der Waals surface area contributed by atoms with Crippen molar-refractivity contribution in [1.82, 2.24) is 4.90 Å². The van der Waals surface area contributed by atoms with Crippen molar-refractivity contribution in [3.63, 3.8) is 0 Å². The van der Waals surface area contributed by atoms with E-state index in [1.807, 2.05) is 4.90 Å². The number of carbonyl (C=O) groups excluding carboxylic acids is 1. The monoisotopic (exact) mass is 203 g/mol. The number of hydrogen-bond donors (Lipinski definition) is 0. The fraction of sp³-hybridized carbons (Fsp3) is 0.900. The van der Waals surface area contributed by atoms with Crippen LogP contribution >= 0.6 is 11.6 Å². The van der Waals surface area contributed by atoms with Crippen LogP contribution in [0.15, 0.2) is 0 Å². The number of alkyl halides is 1. The Morgan fingerprint density at radius 2 is 1.92 bits per heavy atom.